The highest BCUT2D eigenvalue weighted by molar-refractivity contribution is 6.26. The highest BCUT2D eigenvalue weighted by atomic mass is 15.1. The summed E-state index contributed by atoms with van der Waals surface area (Å²) in [5.74, 6) is 1.80. The molecule has 1 aliphatic carbocycles. The smallest absolute Gasteiger partial charge is 0.118 e. The zero-order valence-electron chi connectivity index (χ0n) is 18.0. The van der Waals surface area contributed by atoms with E-state index in [9.17, 15) is 0 Å². The van der Waals surface area contributed by atoms with Crippen molar-refractivity contribution in [2.24, 2.45) is 17.3 Å². The molecule has 0 aromatic carbocycles. The molecule has 0 aromatic heterocycles. The first-order chi connectivity index (χ1) is 13.3. The first kappa shape index (κ1) is 22.3. The number of hydrogen-bond acceptors (Lipinski definition) is 5. The van der Waals surface area contributed by atoms with Crippen molar-refractivity contribution < 1.29 is 0 Å². The fourth-order valence-corrected chi connectivity index (χ4v) is 4.16. The van der Waals surface area contributed by atoms with Gasteiger partial charge in [0.15, 0.2) is 0 Å². The second kappa shape index (κ2) is 10.0. The third kappa shape index (κ3) is 6.03. The van der Waals surface area contributed by atoms with Gasteiger partial charge in [0.1, 0.15) is 5.84 Å². The Bertz CT molecular complexity index is 639. The lowest BCUT2D eigenvalue weighted by atomic mass is 9.90. The van der Waals surface area contributed by atoms with Gasteiger partial charge >= 0.3 is 0 Å². The van der Waals surface area contributed by atoms with Crippen LogP contribution in [0.3, 0.4) is 0 Å². The Morgan fingerprint density at radius 3 is 2.46 bits per heavy atom. The van der Waals surface area contributed by atoms with Crippen molar-refractivity contribution in [2.75, 3.05) is 33.2 Å². The van der Waals surface area contributed by atoms with Crippen LogP contribution in [0.1, 0.15) is 46.5 Å². The van der Waals surface area contributed by atoms with E-state index in [2.05, 4.69) is 29.4 Å². The summed E-state index contributed by atoms with van der Waals surface area (Å²) in [6, 6.07) is 0. The Kier molecular flexibility index (Phi) is 7.98. The number of nitrogens with zero attached hydrogens (tertiary/aromatic N) is 1. The topological polar surface area (TPSA) is 98.8 Å². The van der Waals surface area contributed by atoms with Gasteiger partial charge in [-0.15, -0.1) is 0 Å². The summed E-state index contributed by atoms with van der Waals surface area (Å²) < 4.78 is 0. The molecule has 6 nitrogen and oxygen atoms in total. The third-order valence-electron chi connectivity index (χ3n) is 6.42. The lowest BCUT2D eigenvalue weighted by Gasteiger charge is -2.34. The van der Waals surface area contributed by atoms with E-state index in [0.717, 1.165) is 12.5 Å². The average Bonchev–Trinajstić information content (AvgIpc) is 3.36. The quantitative estimate of drug-likeness (QED) is 0.294. The minimum Gasteiger partial charge on any atom is -0.393 e. The molecule has 1 aliphatic heterocycles. The summed E-state index contributed by atoms with van der Waals surface area (Å²) in [7, 11) is 1.75. The second-order valence-electron chi connectivity index (χ2n) is 8.59. The molecule has 0 amide bonds. The lowest BCUT2D eigenvalue weighted by molar-refractivity contribution is 0.145. The zero-order valence-corrected chi connectivity index (χ0v) is 18.0. The van der Waals surface area contributed by atoms with E-state index >= 15 is 0 Å². The van der Waals surface area contributed by atoms with Crippen LogP contribution in [0, 0.1) is 33.5 Å². The average molecular weight is 387 g/mol. The second-order valence-corrected chi connectivity index (χ2v) is 8.59. The van der Waals surface area contributed by atoms with Crippen molar-refractivity contribution in [1.82, 2.24) is 15.5 Å². The molecular formula is C22H38N6. The summed E-state index contributed by atoms with van der Waals surface area (Å²) in [5, 5.41) is 30.0. The Morgan fingerprint density at radius 2 is 1.89 bits per heavy atom. The maximum Gasteiger partial charge on any atom is 0.118 e. The number of likely N-dealkylation sites (tertiary alicyclic amines) is 1. The van der Waals surface area contributed by atoms with Crippen LogP contribution in [0.25, 0.3) is 0 Å². The van der Waals surface area contributed by atoms with Crippen LogP contribution >= 0.6 is 0 Å². The first-order valence-corrected chi connectivity index (χ1v) is 10.6. The molecule has 28 heavy (non-hydrogen) atoms. The molecule has 5 N–H and O–H groups in total. The predicted octanol–water partition coefficient (Wildman–Crippen LogP) is 3.42. The van der Waals surface area contributed by atoms with E-state index in [-0.39, 0.29) is 5.71 Å². The maximum atomic E-state index is 8.09. The van der Waals surface area contributed by atoms with Crippen LogP contribution < -0.4 is 10.6 Å². The normalized spacial score (nSPS) is 22.9. The molecule has 1 spiro atoms. The summed E-state index contributed by atoms with van der Waals surface area (Å²) in [4.78, 5) is 2.63. The largest absolute Gasteiger partial charge is 0.393 e. The summed E-state index contributed by atoms with van der Waals surface area (Å²) >= 11 is 0. The molecule has 2 atom stereocenters. The van der Waals surface area contributed by atoms with Gasteiger partial charge in [0, 0.05) is 37.6 Å². The molecule has 156 valence electrons. The minimum atomic E-state index is 0.241. The fourth-order valence-electron chi connectivity index (χ4n) is 4.16. The lowest BCUT2D eigenvalue weighted by Crippen LogP contribution is -2.38. The van der Waals surface area contributed by atoms with Gasteiger partial charge in [-0.3, -0.25) is 5.41 Å². The number of nitrogens with one attached hydrogen (secondary N) is 5. The van der Waals surface area contributed by atoms with Gasteiger partial charge < -0.3 is 26.4 Å². The molecule has 1 saturated heterocycles. The fraction of sp³-hybridized carbons (Fsp3) is 0.682. The molecule has 0 bridgehead atoms. The van der Waals surface area contributed by atoms with Crippen molar-refractivity contribution in [1.29, 1.82) is 16.2 Å². The molecule has 2 unspecified atom stereocenters. The molecule has 2 aliphatic rings. The van der Waals surface area contributed by atoms with Gasteiger partial charge in [-0.1, -0.05) is 20.3 Å². The van der Waals surface area contributed by atoms with E-state index < -0.39 is 0 Å². The van der Waals surface area contributed by atoms with Crippen molar-refractivity contribution >= 4 is 17.3 Å². The standard InChI is InChI=1S/C22H38N6/c1-5-16(2)15-28-10-8-22(9-11-28)12-18(22)13-27-21(25)7-6-20(24)19(14-26-4)17(3)23/h6-7,14,16,18,23-24,26H,5,8-13,15H2,1-4H3,(H2,25,27)/b7-6-,19-14+,23-17?,24-20?. The van der Waals surface area contributed by atoms with Crippen LogP contribution in [0.4, 0.5) is 0 Å². The molecule has 6 heteroatoms. The number of piperidine rings is 1. The van der Waals surface area contributed by atoms with Crippen LogP contribution in [0.5, 0.6) is 0 Å². The Morgan fingerprint density at radius 1 is 1.21 bits per heavy atom. The SMILES string of the molecule is CCC(C)CN1CCC2(CC1)CC2CNC(=N)/C=C\C(=N)/C(=C/NC)C(C)=N. The predicted molar refractivity (Wildman–Crippen MR) is 119 cm³/mol. The molecule has 0 aromatic rings. The minimum absolute atomic E-state index is 0.241. The monoisotopic (exact) mass is 386 g/mol. The molecule has 1 saturated carbocycles. The van der Waals surface area contributed by atoms with Gasteiger partial charge in [0.05, 0.1) is 5.71 Å². The third-order valence-corrected chi connectivity index (χ3v) is 6.42. The van der Waals surface area contributed by atoms with E-state index in [1.165, 1.54) is 45.3 Å². The Labute approximate surface area is 170 Å². The summed E-state index contributed by atoms with van der Waals surface area (Å²) in [5.41, 5.74) is 1.63. The molecule has 2 fully saturated rings. The first-order valence-electron chi connectivity index (χ1n) is 10.6. The summed E-state index contributed by atoms with van der Waals surface area (Å²) in [6.45, 7) is 10.8. The van der Waals surface area contributed by atoms with E-state index in [0.29, 0.717) is 28.5 Å². The zero-order chi connectivity index (χ0) is 20.7. The van der Waals surface area contributed by atoms with Gasteiger partial charge in [0.25, 0.3) is 0 Å². The Balaban J connectivity index is 1.73. The van der Waals surface area contributed by atoms with E-state index in [1.54, 1.807) is 32.3 Å². The van der Waals surface area contributed by atoms with Crippen LogP contribution in [-0.2, 0) is 0 Å². The number of allylic oxidation sites excluding steroid dienone is 2. The molecule has 0 radical (unpaired) electrons. The van der Waals surface area contributed by atoms with Crippen molar-refractivity contribution in [2.45, 2.75) is 46.5 Å². The highest BCUT2D eigenvalue weighted by Gasteiger charge is 2.54. The number of hydrogen-bond donors (Lipinski definition) is 5. The van der Waals surface area contributed by atoms with Crippen LogP contribution in [0.2, 0.25) is 0 Å². The van der Waals surface area contributed by atoms with E-state index in [4.69, 9.17) is 16.2 Å². The van der Waals surface area contributed by atoms with Crippen LogP contribution in [-0.4, -0.2) is 55.4 Å². The van der Waals surface area contributed by atoms with Crippen molar-refractivity contribution in [3.63, 3.8) is 0 Å². The van der Waals surface area contributed by atoms with E-state index in [1.807, 2.05) is 0 Å². The number of amidine groups is 1. The van der Waals surface area contributed by atoms with Crippen LogP contribution in [0.15, 0.2) is 23.9 Å². The molecular weight excluding hydrogens is 348 g/mol. The van der Waals surface area contributed by atoms with Gasteiger partial charge in [0.2, 0.25) is 0 Å². The molecule has 2 rings (SSSR count). The highest BCUT2D eigenvalue weighted by Crippen LogP contribution is 2.59. The number of rotatable bonds is 10. The van der Waals surface area contributed by atoms with Crippen molar-refractivity contribution in [3.8, 4) is 0 Å². The Hall–Kier alpha value is -1.95. The van der Waals surface area contributed by atoms with Gasteiger partial charge in [-0.05, 0) is 68.7 Å². The summed E-state index contributed by atoms with van der Waals surface area (Å²) in [6.07, 6.45) is 9.98. The maximum absolute atomic E-state index is 8.09. The van der Waals surface area contributed by atoms with Gasteiger partial charge in [-0.2, -0.15) is 0 Å². The van der Waals surface area contributed by atoms with Gasteiger partial charge in [-0.25, -0.2) is 0 Å². The molecule has 1 heterocycles. The van der Waals surface area contributed by atoms with Crippen molar-refractivity contribution in [3.05, 3.63) is 23.9 Å².